The van der Waals surface area contributed by atoms with Gasteiger partial charge in [0.2, 0.25) is 11.6 Å². The standard InChI is InChI=1S/C26H27BrFN9O5/c1-2-40-21-12-16(11-18(27)23(21)41-15-17-5-3-4-6-19(17)28)13-30-32-26(38)22-20(14-36-7-9-39-10-8-36)37(35-31-22)25-24(29)33-42-34-25/h3-6,11-13H,2,7-10,14-15H2,1H3,(H2,29,33)(H,32,38)/b30-13+. The lowest BCUT2D eigenvalue weighted by atomic mass is 10.2. The molecule has 14 nitrogen and oxygen atoms in total. The largest absolute Gasteiger partial charge is 0.490 e. The molecule has 3 heterocycles. The first-order chi connectivity index (χ1) is 20.4. The molecule has 2 aromatic carbocycles. The fourth-order valence-electron chi connectivity index (χ4n) is 4.15. The number of halogens is 2. The van der Waals surface area contributed by atoms with Crippen molar-refractivity contribution in [3.05, 3.63) is 69.2 Å². The first-order valence-corrected chi connectivity index (χ1v) is 13.7. The van der Waals surface area contributed by atoms with Gasteiger partial charge in [0.25, 0.3) is 5.91 Å². The molecule has 42 heavy (non-hydrogen) atoms. The summed E-state index contributed by atoms with van der Waals surface area (Å²) in [4.78, 5) is 15.2. The molecule has 0 bridgehead atoms. The number of morpholine rings is 1. The van der Waals surface area contributed by atoms with Crippen LogP contribution >= 0.6 is 15.9 Å². The molecule has 0 spiro atoms. The number of carbonyl (C=O) groups is 1. The van der Waals surface area contributed by atoms with Crippen molar-refractivity contribution in [1.29, 1.82) is 0 Å². The summed E-state index contributed by atoms with van der Waals surface area (Å²) in [6, 6.07) is 9.80. The van der Waals surface area contributed by atoms with Gasteiger partial charge in [-0.15, -0.1) is 5.10 Å². The van der Waals surface area contributed by atoms with Crippen LogP contribution in [0.3, 0.4) is 0 Å². The molecular weight excluding hydrogens is 617 g/mol. The van der Waals surface area contributed by atoms with Crippen LogP contribution in [0.25, 0.3) is 5.82 Å². The maximum Gasteiger partial charge on any atom is 0.293 e. The van der Waals surface area contributed by atoms with Gasteiger partial charge in [-0.2, -0.15) is 9.78 Å². The number of nitrogen functional groups attached to an aromatic ring is 1. The zero-order valence-corrected chi connectivity index (χ0v) is 24.1. The molecule has 0 aliphatic carbocycles. The predicted molar refractivity (Wildman–Crippen MR) is 151 cm³/mol. The number of hydrogen-bond donors (Lipinski definition) is 2. The van der Waals surface area contributed by atoms with Crippen LogP contribution in [0.2, 0.25) is 0 Å². The lowest BCUT2D eigenvalue weighted by molar-refractivity contribution is 0.0332. The second-order valence-electron chi connectivity index (χ2n) is 9.00. The number of nitrogens with zero attached hydrogens (tertiary/aromatic N) is 7. The van der Waals surface area contributed by atoms with Crippen molar-refractivity contribution in [2.75, 3.05) is 38.6 Å². The summed E-state index contributed by atoms with van der Waals surface area (Å²) in [5.41, 5.74) is 9.83. The van der Waals surface area contributed by atoms with E-state index in [4.69, 9.17) is 24.6 Å². The Balaban J connectivity index is 1.33. The molecule has 1 saturated heterocycles. The minimum atomic E-state index is -0.593. The summed E-state index contributed by atoms with van der Waals surface area (Å²) >= 11 is 3.49. The number of amides is 1. The third-order valence-electron chi connectivity index (χ3n) is 6.19. The third-order valence-corrected chi connectivity index (χ3v) is 6.78. The third kappa shape index (κ3) is 6.72. The van der Waals surface area contributed by atoms with Crippen LogP contribution in [0, 0.1) is 5.82 Å². The minimum absolute atomic E-state index is 0.00474. The van der Waals surface area contributed by atoms with Crippen molar-refractivity contribution in [1.82, 2.24) is 35.6 Å². The van der Waals surface area contributed by atoms with Gasteiger partial charge in [-0.05, 0) is 56.9 Å². The molecule has 5 rings (SSSR count). The van der Waals surface area contributed by atoms with Crippen molar-refractivity contribution in [2.24, 2.45) is 5.10 Å². The Morgan fingerprint density at radius 2 is 2.05 bits per heavy atom. The van der Waals surface area contributed by atoms with Crippen molar-refractivity contribution < 1.29 is 28.0 Å². The van der Waals surface area contributed by atoms with Gasteiger partial charge < -0.3 is 19.9 Å². The zero-order chi connectivity index (χ0) is 29.5. The normalized spacial score (nSPS) is 13.9. The monoisotopic (exact) mass is 643 g/mol. The Hall–Kier alpha value is -4.41. The number of aromatic nitrogens is 5. The molecule has 2 aromatic heterocycles. The molecule has 1 aliphatic heterocycles. The molecule has 16 heteroatoms. The average molecular weight is 644 g/mol. The average Bonchev–Trinajstić information content (AvgIpc) is 3.59. The summed E-state index contributed by atoms with van der Waals surface area (Å²) in [5.74, 6) is 0.00644. The SMILES string of the molecule is CCOc1cc(/C=N/NC(=O)c2nnn(-c3nonc3N)c2CN2CCOCC2)cc(Br)c1OCc1ccccc1F. The van der Waals surface area contributed by atoms with Crippen LogP contribution in [-0.4, -0.2) is 75.2 Å². The van der Waals surface area contributed by atoms with Gasteiger partial charge in [0.05, 0.1) is 36.2 Å². The molecule has 4 aromatic rings. The fourth-order valence-corrected chi connectivity index (χ4v) is 4.72. The van der Waals surface area contributed by atoms with E-state index in [1.165, 1.54) is 17.0 Å². The van der Waals surface area contributed by atoms with E-state index in [0.717, 1.165) is 0 Å². The second kappa shape index (κ2) is 13.5. The quantitative estimate of drug-likeness (QED) is 0.182. The lowest BCUT2D eigenvalue weighted by Gasteiger charge is -2.26. The van der Waals surface area contributed by atoms with Gasteiger partial charge in [-0.1, -0.05) is 23.4 Å². The van der Waals surface area contributed by atoms with E-state index in [1.54, 1.807) is 30.3 Å². The van der Waals surface area contributed by atoms with Crippen molar-refractivity contribution in [3.63, 3.8) is 0 Å². The highest BCUT2D eigenvalue weighted by atomic mass is 79.9. The van der Waals surface area contributed by atoms with E-state index in [1.807, 2.05) is 6.92 Å². The Morgan fingerprint density at radius 3 is 2.79 bits per heavy atom. The molecule has 1 amide bonds. The van der Waals surface area contributed by atoms with E-state index < -0.39 is 5.91 Å². The maximum absolute atomic E-state index is 14.1. The molecule has 220 valence electrons. The van der Waals surface area contributed by atoms with Crippen LogP contribution < -0.4 is 20.6 Å². The molecule has 0 unspecified atom stereocenters. The second-order valence-corrected chi connectivity index (χ2v) is 9.85. The molecule has 0 saturated carbocycles. The number of hydrazone groups is 1. The van der Waals surface area contributed by atoms with Crippen molar-refractivity contribution >= 4 is 33.9 Å². The summed E-state index contributed by atoms with van der Waals surface area (Å²) in [7, 11) is 0. The molecule has 1 fully saturated rings. The maximum atomic E-state index is 14.1. The summed E-state index contributed by atoms with van der Waals surface area (Å²) in [5, 5.41) is 19.6. The van der Waals surface area contributed by atoms with Crippen LogP contribution in [0.15, 0.2) is 50.6 Å². The van der Waals surface area contributed by atoms with E-state index >= 15 is 0 Å². The summed E-state index contributed by atoms with van der Waals surface area (Å²) < 4.78 is 37.7. The van der Waals surface area contributed by atoms with Gasteiger partial charge in [-0.3, -0.25) is 9.69 Å². The highest BCUT2D eigenvalue weighted by Gasteiger charge is 2.26. The van der Waals surface area contributed by atoms with E-state index in [-0.39, 0.29) is 29.8 Å². The van der Waals surface area contributed by atoms with Crippen LogP contribution in [-0.2, 0) is 17.9 Å². The minimum Gasteiger partial charge on any atom is -0.490 e. The Kier molecular flexibility index (Phi) is 9.35. The smallest absolute Gasteiger partial charge is 0.293 e. The molecule has 0 radical (unpaired) electrons. The lowest BCUT2D eigenvalue weighted by Crippen LogP contribution is -2.37. The number of nitrogens with one attached hydrogen (secondary N) is 1. The van der Waals surface area contributed by atoms with Crippen LogP contribution in [0.5, 0.6) is 11.5 Å². The fraction of sp³-hybridized carbons (Fsp3) is 0.308. The van der Waals surface area contributed by atoms with Gasteiger partial charge in [0.15, 0.2) is 17.2 Å². The number of hydrogen-bond acceptors (Lipinski definition) is 12. The molecular formula is C26H27BrFN9O5. The topological polar surface area (TPSA) is 168 Å². The van der Waals surface area contributed by atoms with Crippen LogP contribution in [0.4, 0.5) is 10.2 Å². The number of ether oxygens (including phenoxy) is 3. The first-order valence-electron chi connectivity index (χ1n) is 12.9. The zero-order valence-electron chi connectivity index (χ0n) is 22.5. The predicted octanol–water partition coefficient (Wildman–Crippen LogP) is 2.71. The first kappa shape index (κ1) is 29.1. The van der Waals surface area contributed by atoms with Crippen LogP contribution in [0.1, 0.15) is 34.2 Å². The van der Waals surface area contributed by atoms with E-state index in [9.17, 15) is 9.18 Å². The van der Waals surface area contributed by atoms with Gasteiger partial charge in [0, 0.05) is 25.2 Å². The Morgan fingerprint density at radius 1 is 1.24 bits per heavy atom. The summed E-state index contributed by atoms with van der Waals surface area (Å²) in [6.07, 6.45) is 1.44. The highest BCUT2D eigenvalue weighted by molar-refractivity contribution is 9.10. The molecule has 0 atom stereocenters. The number of rotatable bonds is 11. The van der Waals surface area contributed by atoms with Crippen molar-refractivity contribution in [3.8, 4) is 17.3 Å². The Bertz CT molecular complexity index is 1570. The van der Waals surface area contributed by atoms with Gasteiger partial charge >= 0.3 is 0 Å². The number of anilines is 1. The molecule has 1 aliphatic rings. The summed E-state index contributed by atoms with van der Waals surface area (Å²) in [6.45, 7) is 4.99. The number of benzene rings is 2. The van der Waals surface area contributed by atoms with Crippen molar-refractivity contribution in [2.45, 2.75) is 20.1 Å². The van der Waals surface area contributed by atoms with Gasteiger partial charge in [0.1, 0.15) is 12.4 Å². The molecule has 3 N–H and O–H groups in total. The Labute approximate surface area is 247 Å². The number of carbonyl (C=O) groups excluding carboxylic acids is 1. The van der Waals surface area contributed by atoms with E-state index in [2.05, 4.69) is 52.0 Å². The van der Waals surface area contributed by atoms with E-state index in [0.29, 0.717) is 72.2 Å². The number of nitrogens with two attached hydrogens (primary N) is 1. The highest BCUT2D eigenvalue weighted by Crippen LogP contribution is 2.37. The van der Waals surface area contributed by atoms with Gasteiger partial charge in [-0.25, -0.2) is 14.4 Å².